The average Bonchev–Trinajstić information content (AvgIpc) is 2.73. The van der Waals surface area contributed by atoms with Gasteiger partial charge in [-0.05, 0) is 24.6 Å². The van der Waals surface area contributed by atoms with Crippen LogP contribution in [0.1, 0.15) is 11.3 Å². The fourth-order valence-corrected chi connectivity index (χ4v) is 3.07. The summed E-state index contributed by atoms with van der Waals surface area (Å²) in [7, 11) is 0. The molecule has 0 bridgehead atoms. The minimum Gasteiger partial charge on any atom is -0.378 e. The third-order valence-corrected chi connectivity index (χ3v) is 4.51. The van der Waals surface area contributed by atoms with E-state index in [2.05, 4.69) is 37.3 Å². The molecular weight excluding hydrogens is 338 g/mol. The third kappa shape index (κ3) is 4.41. The molecule has 1 saturated heterocycles. The first kappa shape index (κ1) is 17.4. The van der Waals surface area contributed by atoms with Gasteiger partial charge in [0.1, 0.15) is 11.6 Å². The molecular formula is C21H23N5O. The molecule has 1 aliphatic rings. The smallest absolute Gasteiger partial charge is 0.163 e. The lowest BCUT2D eigenvalue weighted by atomic mass is 10.2. The molecule has 0 aliphatic carbocycles. The van der Waals surface area contributed by atoms with Gasteiger partial charge in [0.15, 0.2) is 5.82 Å². The third-order valence-electron chi connectivity index (χ3n) is 4.51. The predicted octanol–water partition coefficient (Wildman–Crippen LogP) is 3.30. The maximum atomic E-state index is 5.40. The molecule has 0 saturated carbocycles. The van der Waals surface area contributed by atoms with E-state index in [0.29, 0.717) is 5.82 Å². The average molecular weight is 361 g/mol. The highest BCUT2D eigenvalue weighted by atomic mass is 16.5. The summed E-state index contributed by atoms with van der Waals surface area (Å²) >= 11 is 0. The van der Waals surface area contributed by atoms with E-state index < -0.39 is 0 Å². The van der Waals surface area contributed by atoms with Gasteiger partial charge < -0.3 is 15.0 Å². The van der Waals surface area contributed by atoms with Crippen molar-refractivity contribution in [2.75, 3.05) is 36.5 Å². The molecule has 138 valence electrons. The van der Waals surface area contributed by atoms with Crippen molar-refractivity contribution in [2.24, 2.45) is 0 Å². The van der Waals surface area contributed by atoms with Gasteiger partial charge in [-0.1, -0.05) is 30.3 Å². The van der Waals surface area contributed by atoms with Crippen LogP contribution in [0.15, 0.2) is 54.7 Å². The molecule has 1 fully saturated rings. The van der Waals surface area contributed by atoms with E-state index >= 15 is 0 Å². The van der Waals surface area contributed by atoms with Crippen LogP contribution < -0.4 is 10.2 Å². The Balaban J connectivity index is 1.50. The van der Waals surface area contributed by atoms with E-state index in [9.17, 15) is 0 Å². The number of hydrogen-bond donors (Lipinski definition) is 1. The zero-order valence-corrected chi connectivity index (χ0v) is 15.4. The van der Waals surface area contributed by atoms with Crippen molar-refractivity contribution in [3.05, 3.63) is 66.0 Å². The lowest BCUT2D eigenvalue weighted by Crippen LogP contribution is -2.36. The summed E-state index contributed by atoms with van der Waals surface area (Å²) in [5.41, 5.74) is 3.05. The van der Waals surface area contributed by atoms with Crippen molar-refractivity contribution in [1.29, 1.82) is 0 Å². The Kier molecular flexibility index (Phi) is 5.25. The summed E-state index contributed by atoms with van der Waals surface area (Å²) in [4.78, 5) is 16.1. The number of anilines is 2. The summed E-state index contributed by atoms with van der Waals surface area (Å²) < 4.78 is 5.40. The Morgan fingerprint density at radius 2 is 1.85 bits per heavy atom. The van der Waals surface area contributed by atoms with Crippen LogP contribution in [-0.2, 0) is 11.3 Å². The number of pyridine rings is 1. The first-order valence-electron chi connectivity index (χ1n) is 9.20. The highest BCUT2D eigenvalue weighted by molar-refractivity contribution is 5.59. The van der Waals surface area contributed by atoms with Crippen molar-refractivity contribution in [2.45, 2.75) is 13.5 Å². The normalized spacial score (nSPS) is 14.2. The van der Waals surface area contributed by atoms with E-state index in [1.807, 2.05) is 49.5 Å². The number of morpholine rings is 1. The standard InChI is InChI=1S/C21H23N5O/c1-16-13-19(22-14-17-5-3-2-4-6-17)25-21(24-16)18-7-8-20(23-15-18)26-9-11-27-12-10-26/h2-8,13,15H,9-12,14H2,1H3,(H,22,24,25). The fraction of sp³-hybridized carbons (Fsp3) is 0.286. The van der Waals surface area contributed by atoms with Crippen molar-refractivity contribution in [3.63, 3.8) is 0 Å². The number of rotatable bonds is 5. The number of nitrogens with one attached hydrogen (secondary N) is 1. The van der Waals surface area contributed by atoms with Gasteiger partial charge in [0, 0.05) is 43.2 Å². The van der Waals surface area contributed by atoms with Crippen LogP contribution >= 0.6 is 0 Å². The van der Waals surface area contributed by atoms with Crippen molar-refractivity contribution >= 4 is 11.6 Å². The lowest BCUT2D eigenvalue weighted by Gasteiger charge is -2.27. The number of nitrogens with zero attached hydrogens (tertiary/aromatic N) is 4. The molecule has 4 rings (SSSR count). The molecule has 1 aliphatic heterocycles. The SMILES string of the molecule is Cc1cc(NCc2ccccc2)nc(-c2ccc(N3CCOCC3)nc2)n1. The molecule has 2 aromatic heterocycles. The Bertz CT molecular complexity index is 877. The molecule has 0 atom stereocenters. The summed E-state index contributed by atoms with van der Waals surface area (Å²) in [5.74, 6) is 2.47. The molecule has 0 unspecified atom stereocenters. The number of aryl methyl sites for hydroxylation is 1. The van der Waals surface area contributed by atoms with Crippen LogP contribution in [0.2, 0.25) is 0 Å². The molecule has 0 amide bonds. The summed E-state index contributed by atoms with van der Waals surface area (Å²) in [6.07, 6.45) is 1.85. The quantitative estimate of drug-likeness (QED) is 0.752. The van der Waals surface area contributed by atoms with Gasteiger partial charge in [0.05, 0.1) is 13.2 Å². The number of benzene rings is 1. The van der Waals surface area contributed by atoms with Gasteiger partial charge in [0.2, 0.25) is 0 Å². The molecule has 6 nitrogen and oxygen atoms in total. The first-order valence-corrected chi connectivity index (χ1v) is 9.20. The Morgan fingerprint density at radius 1 is 1.04 bits per heavy atom. The highest BCUT2D eigenvalue weighted by Crippen LogP contribution is 2.21. The van der Waals surface area contributed by atoms with Crippen LogP contribution in [0, 0.1) is 6.92 Å². The summed E-state index contributed by atoms with van der Waals surface area (Å²) in [6.45, 7) is 5.96. The van der Waals surface area contributed by atoms with Crippen LogP contribution in [0.25, 0.3) is 11.4 Å². The largest absolute Gasteiger partial charge is 0.378 e. The second-order valence-electron chi connectivity index (χ2n) is 6.56. The molecule has 6 heteroatoms. The molecule has 27 heavy (non-hydrogen) atoms. The Labute approximate surface area is 159 Å². The molecule has 1 aromatic carbocycles. The van der Waals surface area contributed by atoms with Crippen LogP contribution in [0.3, 0.4) is 0 Å². The van der Waals surface area contributed by atoms with Gasteiger partial charge in [-0.3, -0.25) is 0 Å². The zero-order valence-electron chi connectivity index (χ0n) is 15.4. The van der Waals surface area contributed by atoms with Gasteiger partial charge in [-0.2, -0.15) is 0 Å². The van der Waals surface area contributed by atoms with Crippen molar-refractivity contribution < 1.29 is 4.74 Å². The monoisotopic (exact) mass is 361 g/mol. The fourth-order valence-electron chi connectivity index (χ4n) is 3.07. The highest BCUT2D eigenvalue weighted by Gasteiger charge is 2.13. The minimum absolute atomic E-state index is 0.687. The Morgan fingerprint density at radius 3 is 2.59 bits per heavy atom. The van der Waals surface area contributed by atoms with E-state index in [1.165, 1.54) is 5.56 Å². The van der Waals surface area contributed by atoms with Gasteiger partial charge in [0.25, 0.3) is 0 Å². The molecule has 0 radical (unpaired) electrons. The maximum absolute atomic E-state index is 5.40. The number of hydrogen-bond acceptors (Lipinski definition) is 6. The van der Waals surface area contributed by atoms with Gasteiger partial charge >= 0.3 is 0 Å². The molecule has 3 aromatic rings. The van der Waals surface area contributed by atoms with E-state index in [1.54, 1.807) is 0 Å². The van der Waals surface area contributed by atoms with E-state index in [-0.39, 0.29) is 0 Å². The van der Waals surface area contributed by atoms with Crippen LogP contribution in [0.4, 0.5) is 11.6 Å². The minimum atomic E-state index is 0.687. The van der Waals surface area contributed by atoms with E-state index in [0.717, 1.165) is 55.7 Å². The van der Waals surface area contributed by atoms with Gasteiger partial charge in [-0.25, -0.2) is 15.0 Å². The van der Waals surface area contributed by atoms with Crippen LogP contribution in [-0.4, -0.2) is 41.3 Å². The predicted molar refractivity (Wildman–Crippen MR) is 107 cm³/mol. The Hall–Kier alpha value is -2.99. The lowest BCUT2D eigenvalue weighted by molar-refractivity contribution is 0.122. The summed E-state index contributed by atoms with van der Waals surface area (Å²) in [6, 6.07) is 16.3. The second kappa shape index (κ2) is 8.14. The van der Waals surface area contributed by atoms with Crippen molar-refractivity contribution in [3.8, 4) is 11.4 Å². The van der Waals surface area contributed by atoms with Crippen LogP contribution in [0.5, 0.6) is 0 Å². The van der Waals surface area contributed by atoms with E-state index in [4.69, 9.17) is 4.74 Å². The van der Waals surface area contributed by atoms with Crippen molar-refractivity contribution in [1.82, 2.24) is 15.0 Å². The number of ether oxygens (including phenoxy) is 1. The summed E-state index contributed by atoms with van der Waals surface area (Å²) in [5, 5.41) is 3.38. The topological polar surface area (TPSA) is 63.2 Å². The maximum Gasteiger partial charge on any atom is 0.163 e. The molecule has 0 spiro atoms. The first-order chi connectivity index (χ1) is 13.3. The van der Waals surface area contributed by atoms with Gasteiger partial charge in [-0.15, -0.1) is 0 Å². The zero-order chi connectivity index (χ0) is 18.5. The molecule has 1 N–H and O–H groups in total. The second-order valence-corrected chi connectivity index (χ2v) is 6.56. The molecule has 3 heterocycles. The number of aromatic nitrogens is 3.